The van der Waals surface area contributed by atoms with Crippen molar-refractivity contribution in [1.82, 2.24) is 0 Å². The zero-order chi connectivity index (χ0) is 8.06. The minimum atomic E-state index is 0.417. The number of hydrogen-bond donors (Lipinski definition) is 1. The van der Waals surface area contributed by atoms with Gasteiger partial charge in [0, 0.05) is 6.61 Å². The summed E-state index contributed by atoms with van der Waals surface area (Å²) >= 11 is 0. The van der Waals surface area contributed by atoms with Crippen LogP contribution in [0.3, 0.4) is 0 Å². The third-order valence-corrected chi connectivity index (χ3v) is 4.24. The summed E-state index contributed by atoms with van der Waals surface area (Å²) in [4.78, 5) is 0. The van der Waals surface area contributed by atoms with Crippen LogP contribution in [-0.4, -0.2) is 11.7 Å². The molecule has 3 rings (SSSR count). The number of fused-ring (bicyclic) bond motifs is 2. The molecule has 1 heteroatoms. The minimum absolute atomic E-state index is 0.417. The van der Waals surface area contributed by atoms with Crippen molar-refractivity contribution in [1.29, 1.82) is 0 Å². The first-order chi connectivity index (χ1) is 5.16. The molecule has 0 saturated heterocycles. The molecule has 3 aliphatic rings. The standard InChI is InChI=1S/C10H18O/c1-10(2)8-4-3-7(6-11)9(10)5-8/h7-9,11H,3-6H2,1-2H3/t7-,8?,9+/m0/s1. The predicted molar refractivity (Wildman–Crippen MR) is 45.2 cm³/mol. The molecule has 3 saturated carbocycles. The van der Waals surface area contributed by atoms with Gasteiger partial charge in [0.1, 0.15) is 0 Å². The van der Waals surface area contributed by atoms with Crippen molar-refractivity contribution in [3.8, 4) is 0 Å². The van der Waals surface area contributed by atoms with Crippen LogP contribution in [0.15, 0.2) is 0 Å². The summed E-state index contributed by atoms with van der Waals surface area (Å²) in [7, 11) is 0. The number of aliphatic hydroxyl groups is 1. The van der Waals surface area contributed by atoms with Crippen LogP contribution in [0, 0.1) is 23.2 Å². The Morgan fingerprint density at radius 3 is 2.45 bits per heavy atom. The van der Waals surface area contributed by atoms with Crippen LogP contribution >= 0.6 is 0 Å². The van der Waals surface area contributed by atoms with Gasteiger partial charge in [0.15, 0.2) is 0 Å². The fourth-order valence-electron chi connectivity index (χ4n) is 3.18. The molecule has 0 aliphatic heterocycles. The van der Waals surface area contributed by atoms with Gasteiger partial charge in [-0.05, 0) is 42.4 Å². The first kappa shape index (κ1) is 7.60. The van der Waals surface area contributed by atoms with E-state index in [2.05, 4.69) is 13.8 Å². The van der Waals surface area contributed by atoms with Crippen molar-refractivity contribution in [3.05, 3.63) is 0 Å². The van der Waals surface area contributed by atoms with E-state index in [9.17, 15) is 0 Å². The van der Waals surface area contributed by atoms with Gasteiger partial charge in [0.05, 0.1) is 0 Å². The molecule has 0 amide bonds. The molecule has 1 nitrogen and oxygen atoms in total. The monoisotopic (exact) mass is 154 g/mol. The fourth-order valence-corrected chi connectivity index (χ4v) is 3.18. The van der Waals surface area contributed by atoms with E-state index in [1.165, 1.54) is 19.3 Å². The van der Waals surface area contributed by atoms with E-state index < -0.39 is 0 Å². The summed E-state index contributed by atoms with van der Waals surface area (Å²) < 4.78 is 0. The Balaban J connectivity index is 2.10. The Hall–Kier alpha value is -0.0400. The van der Waals surface area contributed by atoms with Gasteiger partial charge in [-0.15, -0.1) is 0 Å². The summed E-state index contributed by atoms with van der Waals surface area (Å²) in [6, 6.07) is 0. The molecular formula is C10H18O. The molecule has 0 heterocycles. The topological polar surface area (TPSA) is 20.2 Å². The highest BCUT2D eigenvalue weighted by Crippen LogP contribution is 2.61. The highest BCUT2D eigenvalue weighted by molar-refractivity contribution is 5.02. The molecule has 3 aliphatic carbocycles. The van der Waals surface area contributed by atoms with E-state index >= 15 is 0 Å². The lowest BCUT2D eigenvalue weighted by Gasteiger charge is -2.59. The maximum atomic E-state index is 9.12. The Labute approximate surface area is 68.8 Å². The smallest absolute Gasteiger partial charge is 0.0462 e. The summed E-state index contributed by atoms with van der Waals surface area (Å²) in [6.45, 7) is 5.15. The quantitative estimate of drug-likeness (QED) is 0.613. The lowest BCUT2D eigenvalue weighted by Crippen LogP contribution is -2.53. The normalized spacial score (nSPS) is 46.6. The van der Waals surface area contributed by atoms with Gasteiger partial charge in [-0.3, -0.25) is 0 Å². The van der Waals surface area contributed by atoms with Crippen molar-refractivity contribution in [2.75, 3.05) is 6.61 Å². The van der Waals surface area contributed by atoms with Crippen molar-refractivity contribution in [2.45, 2.75) is 33.1 Å². The Morgan fingerprint density at radius 1 is 1.36 bits per heavy atom. The van der Waals surface area contributed by atoms with E-state index in [4.69, 9.17) is 5.11 Å². The number of hydrogen-bond acceptors (Lipinski definition) is 1. The molecule has 0 spiro atoms. The van der Waals surface area contributed by atoms with Gasteiger partial charge in [0.25, 0.3) is 0 Å². The Bertz CT molecular complexity index is 160. The molecule has 2 bridgehead atoms. The lowest BCUT2D eigenvalue weighted by atomic mass is 9.46. The van der Waals surface area contributed by atoms with Gasteiger partial charge in [-0.1, -0.05) is 13.8 Å². The molecule has 1 unspecified atom stereocenters. The molecule has 0 radical (unpaired) electrons. The van der Waals surface area contributed by atoms with E-state index in [-0.39, 0.29) is 0 Å². The first-order valence-electron chi connectivity index (χ1n) is 4.77. The van der Waals surface area contributed by atoms with Gasteiger partial charge >= 0.3 is 0 Å². The van der Waals surface area contributed by atoms with E-state index in [1.54, 1.807) is 0 Å². The summed E-state index contributed by atoms with van der Waals surface area (Å²) in [5.74, 6) is 2.41. The van der Waals surface area contributed by atoms with E-state index in [0.29, 0.717) is 17.9 Å². The van der Waals surface area contributed by atoms with Crippen LogP contribution in [-0.2, 0) is 0 Å². The van der Waals surface area contributed by atoms with E-state index in [1.807, 2.05) is 0 Å². The maximum Gasteiger partial charge on any atom is 0.0462 e. The minimum Gasteiger partial charge on any atom is -0.396 e. The maximum absolute atomic E-state index is 9.12. The molecule has 3 fully saturated rings. The molecular weight excluding hydrogens is 136 g/mol. The third-order valence-electron chi connectivity index (χ3n) is 4.24. The van der Waals surface area contributed by atoms with Crippen molar-refractivity contribution < 1.29 is 5.11 Å². The van der Waals surface area contributed by atoms with Crippen molar-refractivity contribution in [3.63, 3.8) is 0 Å². The average Bonchev–Trinajstić information content (AvgIpc) is 2.04. The molecule has 3 atom stereocenters. The zero-order valence-electron chi connectivity index (χ0n) is 7.51. The molecule has 1 N–H and O–H groups in total. The molecule has 64 valence electrons. The van der Waals surface area contributed by atoms with Gasteiger partial charge in [-0.25, -0.2) is 0 Å². The van der Waals surface area contributed by atoms with Crippen LogP contribution in [0.4, 0.5) is 0 Å². The second kappa shape index (κ2) is 2.22. The van der Waals surface area contributed by atoms with Gasteiger partial charge in [0.2, 0.25) is 0 Å². The van der Waals surface area contributed by atoms with Crippen molar-refractivity contribution in [2.24, 2.45) is 23.2 Å². The first-order valence-corrected chi connectivity index (χ1v) is 4.77. The molecule has 0 aromatic heterocycles. The molecule has 0 aromatic rings. The van der Waals surface area contributed by atoms with Crippen LogP contribution in [0.2, 0.25) is 0 Å². The Morgan fingerprint density at radius 2 is 2.09 bits per heavy atom. The fraction of sp³-hybridized carbons (Fsp3) is 1.00. The largest absolute Gasteiger partial charge is 0.396 e. The summed E-state index contributed by atoms with van der Waals surface area (Å²) in [5, 5.41) is 9.12. The highest BCUT2D eigenvalue weighted by atomic mass is 16.3. The number of rotatable bonds is 1. The summed E-state index contributed by atoms with van der Waals surface area (Å²) in [5.41, 5.74) is 0.547. The second-order valence-electron chi connectivity index (χ2n) is 4.88. The van der Waals surface area contributed by atoms with Gasteiger partial charge in [-0.2, -0.15) is 0 Å². The molecule has 0 aromatic carbocycles. The SMILES string of the molecule is CC1(C)C2CC[C@@H](CO)[C@H]1C2. The Kier molecular flexibility index (Phi) is 1.54. The van der Waals surface area contributed by atoms with Crippen LogP contribution in [0.5, 0.6) is 0 Å². The zero-order valence-corrected chi connectivity index (χ0v) is 7.51. The van der Waals surface area contributed by atoms with Gasteiger partial charge < -0.3 is 5.11 Å². The van der Waals surface area contributed by atoms with Crippen LogP contribution in [0.25, 0.3) is 0 Å². The van der Waals surface area contributed by atoms with E-state index in [0.717, 1.165) is 11.8 Å². The third kappa shape index (κ3) is 0.868. The van der Waals surface area contributed by atoms with Crippen LogP contribution in [0.1, 0.15) is 33.1 Å². The summed E-state index contributed by atoms with van der Waals surface area (Å²) in [6.07, 6.45) is 4.02. The lowest BCUT2D eigenvalue weighted by molar-refractivity contribution is -0.116. The van der Waals surface area contributed by atoms with Crippen molar-refractivity contribution >= 4 is 0 Å². The molecule has 11 heavy (non-hydrogen) atoms. The van der Waals surface area contributed by atoms with Crippen LogP contribution < -0.4 is 0 Å². The second-order valence-corrected chi connectivity index (χ2v) is 4.88. The predicted octanol–water partition coefficient (Wildman–Crippen LogP) is 2.05. The highest BCUT2D eigenvalue weighted by Gasteiger charge is 2.53. The number of aliphatic hydroxyl groups excluding tert-OH is 1. The average molecular weight is 154 g/mol.